The SMILES string of the molecule is BC(B)(N)C(B)(B)C(B)(B)C(B)(B)C(NC(=O)[C@H](Cc1c(C)cc(O)cc1C)NC(=O)[C@H](N)CCCNC(=N)N)c1nc(Cc2ccccc2)no1. The zero-order chi connectivity index (χ0) is 39.2. The summed E-state index contributed by atoms with van der Waals surface area (Å²) in [7, 11) is 16.6. The second-order valence-corrected chi connectivity index (χ2v) is 16.3. The molecule has 2 amide bonds. The highest BCUT2D eigenvalue weighted by atomic mass is 16.5. The highest BCUT2D eigenvalue weighted by Crippen LogP contribution is 2.62. The lowest BCUT2D eigenvalue weighted by atomic mass is 9.11. The lowest BCUT2D eigenvalue weighted by molar-refractivity contribution is -0.130. The van der Waals surface area contributed by atoms with Crippen molar-refractivity contribution in [3.8, 4) is 5.75 Å². The van der Waals surface area contributed by atoms with E-state index < -0.39 is 50.9 Å². The minimum Gasteiger partial charge on any atom is -0.508 e. The molecule has 2 aromatic carbocycles. The molecule has 270 valence electrons. The maximum absolute atomic E-state index is 14.7. The molecule has 0 aliphatic carbocycles. The van der Waals surface area contributed by atoms with Crippen LogP contribution in [0, 0.1) is 19.3 Å². The lowest BCUT2D eigenvalue weighted by Gasteiger charge is -2.61. The number of carbonyl (C=O) groups excluding carboxylic acids is 2. The number of hydrogen-bond acceptors (Lipinski definition) is 9. The number of guanidine groups is 1. The van der Waals surface area contributed by atoms with Crippen molar-refractivity contribution in [3.05, 3.63) is 76.4 Å². The number of hydrogen-bond donors (Lipinski definition) is 8. The second kappa shape index (κ2) is 16.8. The van der Waals surface area contributed by atoms with E-state index in [1.165, 1.54) is 0 Å². The molecule has 1 heterocycles. The van der Waals surface area contributed by atoms with Crippen molar-refractivity contribution in [1.29, 1.82) is 5.41 Å². The van der Waals surface area contributed by atoms with Gasteiger partial charge < -0.3 is 42.8 Å². The quantitative estimate of drug-likeness (QED) is 0.0287. The number of rotatable bonds is 17. The molecule has 0 fully saturated rings. The maximum atomic E-state index is 14.7. The van der Waals surface area contributed by atoms with Gasteiger partial charge in [-0.2, -0.15) is 4.98 Å². The van der Waals surface area contributed by atoms with Crippen LogP contribution in [0.5, 0.6) is 5.75 Å². The van der Waals surface area contributed by atoms with Crippen LogP contribution in [-0.4, -0.2) is 120 Å². The number of amides is 2. The summed E-state index contributed by atoms with van der Waals surface area (Å²) in [5.41, 5.74) is 21.8. The monoisotopic (exact) mass is 703 g/mol. The minimum atomic E-state index is -1.05. The number of nitrogens with zero attached hydrogens (tertiary/aromatic N) is 2. The predicted octanol–water partition coefficient (Wildman–Crippen LogP) is -6.52. The molecule has 3 rings (SSSR count). The summed E-state index contributed by atoms with van der Waals surface area (Å²) in [6.45, 7) is 4.08. The van der Waals surface area contributed by atoms with Crippen LogP contribution >= 0.6 is 0 Å². The Morgan fingerprint density at radius 2 is 1.56 bits per heavy atom. The van der Waals surface area contributed by atoms with Crippen molar-refractivity contribution in [3.63, 3.8) is 0 Å². The van der Waals surface area contributed by atoms with Gasteiger partial charge in [0, 0.05) is 19.4 Å². The third-order valence-electron chi connectivity index (χ3n) is 11.8. The summed E-state index contributed by atoms with van der Waals surface area (Å²) in [6.07, 6.45) is 1.36. The molecule has 11 N–H and O–H groups in total. The van der Waals surface area contributed by atoms with Gasteiger partial charge in [-0.15, -0.1) is 0 Å². The Bertz CT molecular complexity index is 1700. The lowest BCUT2D eigenvalue weighted by Crippen LogP contribution is -2.63. The zero-order valence-corrected chi connectivity index (χ0v) is 32.6. The Labute approximate surface area is 315 Å². The Morgan fingerprint density at radius 3 is 2.12 bits per heavy atom. The topological polar surface area (TPSA) is 231 Å². The second-order valence-electron chi connectivity index (χ2n) is 16.3. The average Bonchev–Trinajstić information content (AvgIpc) is 3.49. The molecule has 13 nitrogen and oxygen atoms in total. The molecule has 0 saturated carbocycles. The molecule has 52 heavy (non-hydrogen) atoms. The molecule has 0 radical (unpaired) electrons. The van der Waals surface area contributed by atoms with Crippen LogP contribution in [0.1, 0.15) is 52.9 Å². The molecule has 21 heteroatoms. The van der Waals surface area contributed by atoms with Gasteiger partial charge in [0.2, 0.25) is 17.7 Å². The molecular formula is C31H53B8N9O4. The van der Waals surface area contributed by atoms with E-state index >= 15 is 0 Å². The smallest absolute Gasteiger partial charge is 0.248 e. The number of phenolic OH excluding ortho intramolecular Hbond substituents is 1. The van der Waals surface area contributed by atoms with Gasteiger partial charge in [-0.05, 0) is 61.1 Å². The van der Waals surface area contributed by atoms with Crippen molar-refractivity contribution in [2.45, 2.75) is 78.6 Å². The van der Waals surface area contributed by atoms with Crippen LogP contribution in [0.15, 0.2) is 47.0 Å². The number of aromatic hydroxyl groups is 1. The van der Waals surface area contributed by atoms with E-state index in [2.05, 4.69) is 68.2 Å². The highest BCUT2D eigenvalue weighted by Gasteiger charge is 2.56. The molecule has 3 aromatic rings. The van der Waals surface area contributed by atoms with Gasteiger partial charge in [0.1, 0.15) is 43.2 Å². The molecule has 0 aliphatic rings. The molecule has 0 saturated heterocycles. The average molecular weight is 702 g/mol. The van der Waals surface area contributed by atoms with E-state index in [4.69, 9.17) is 32.1 Å². The van der Waals surface area contributed by atoms with Gasteiger partial charge in [-0.3, -0.25) is 15.0 Å². The maximum Gasteiger partial charge on any atom is 0.248 e. The first-order chi connectivity index (χ1) is 24.0. The number of nitrogens with two attached hydrogens (primary N) is 3. The highest BCUT2D eigenvalue weighted by molar-refractivity contribution is 6.65. The van der Waals surface area contributed by atoms with Crippen LogP contribution in [0.2, 0.25) is 15.6 Å². The van der Waals surface area contributed by atoms with Crippen LogP contribution in [0.4, 0.5) is 0 Å². The fourth-order valence-corrected chi connectivity index (χ4v) is 6.66. The largest absolute Gasteiger partial charge is 0.508 e. The minimum absolute atomic E-state index is 0.113. The zero-order valence-electron chi connectivity index (χ0n) is 32.6. The first-order valence-electron chi connectivity index (χ1n) is 17.9. The summed E-state index contributed by atoms with van der Waals surface area (Å²) >= 11 is 0. The number of aromatic nitrogens is 2. The summed E-state index contributed by atoms with van der Waals surface area (Å²) in [4.78, 5) is 33.0. The molecular weight excluding hydrogens is 649 g/mol. The number of phenols is 1. The van der Waals surface area contributed by atoms with E-state index in [0.29, 0.717) is 31.6 Å². The molecule has 0 aliphatic heterocycles. The Morgan fingerprint density at radius 1 is 0.962 bits per heavy atom. The van der Waals surface area contributed by atoms with Crippen molar-refractivity contribution < 1.29 is 19.2 Å². The Hall–Kier alpha value is -3.97. The molecule has 1 unspecified atom stereocenters. The summed E-state index contributed by atoms with van der Waals surface area (Å²) in [6, 6.07) is 10.3. The van der Waals surface area contributed by atoms with Gasteiger partial charge in [0.15, 0.2) is 11.8 Å². The van der Waals surface area contributed by atoms with E-state index in [1.54, 1.807) is 12.1 Å². The number of aryl methyl sites for hydroxylation is 2. The van der Waals surface area contributed by atoms with Gasteiger partial charge in [-0.1, -0.05) is 56.5 Å². The van der Waals surface area contributed by atoms with Crippen molar-refractivity contribution in [2.75, 3.05) is 6.54 Å². The molecule has 1 aromatic heterocycles. The van der Waals surface area contributed by atoms with Crippen molar-refractivity contribution >= 4 is 80.5 Å². The van der Waals surface area contributed by atoms with E-state index in [0.717, 1.165) is 22.3 Å². The van der Waals surface area contributed by atoms with Gasteiger partial charge in [-0.25, -0.2) is 0 Å². The van der Waals surface area contributed by atoms with E-state index in [9.17, 15) is 14.7 Å². The van der Waals surface area contributed by atoms with Gasteiger partial charge in [0.05, 0.1) is 43.5 Å². The van der Waals surface area contributed by atoms with Gasteiger partial charge >= 0.3 is 0 Å². The summed E-state index contributed by atoms with van der Waals surface area (Å²) in [5.74, 6) is -0.309. The van der Waals surface area contributed by atoms with E-state index in [1.807, 2.05) is 59.9 Å². The number of nitrogens with one attached hydrogen (secondary N) is 4. The van der Waals surface area contributed by atoms with Crippen molar-refractivity contribution in [1.82, 2.24) is 26.1 Å². The molecule has 3 atom stereocenters. The molecule has 0 spiro atoms. The van der Waals surface area contributed by atoms with Crippen LogP contribution in [0.25, 0.3) is 0 Å². The fraction of sp³-hybridized carbons (Fsp3) is 0.452. The summed E-state index contributed by atoms with van der Waals surface area (Å²) in [5, 5.41) is 28.3. The number of carbonyl (C=O) groups is 2. The van der Waals surface area contributed by atoms with Crippen LogP contribution in [-0.2, 0) is 22.4 Å². The first kappa shape index (κ1) is 42.4. The van der Waals surface area contributed by atoms with Crippen LogP contribution < -0.4 is 33.2 Å². The van der Waals surface area contributed by atoms with Gasteiger partial charge in [0.25, 0.3) is 0 Å². The third-order valence-corrected chi connectivity index (χ3v) is 11.8. The van der Waals surface area contributed by atoms with Crippen molar-refractivity contribution in [2.24, 2.45) is 17.2 Å². The van der Waals surface area contributed by atoms with Crippen LogP contribution in [0.3, 0.4) is 0 Å². The third kappa shape index (κ3) is 9.91. The predicted molar refractivity (Wildman–Crippen MR) is 228 cm³/mol. The normalized spacial score (nSPS) is 14.2. The van der Waals surface area contributed by atoms with E-state index in [-0.39, 0.29) is 24.0 Å². The Kier molecular flexibility index (Phi) is 13.7. The standard InChI is InChI=1S/C31H53B8N9O4/c1-15-11-18(49)12-16(2)19(15)14-21(45-24(50)20(40)9-6-10-44-27(41)42)25(51)47-23(28(32,33)29(34,35)30(36,37)31(38,39)43)26-46-22(48-52-26)13-17-7-4-3-5-8-17/h3-5,7-8,11-12,20-21,23,49H,6,9-10,13-14,32-40,43H2,1-2H3,(H,45,50)(H,47,51)(H4,41,42,44)/t20-,21+,23?/m1/s1. The fourth-order valence-electron chi connectivity index (χ4n) is 6.66. The molecule has 0 bridgehead atoms. The Balaban J connectivity index is 2.07. The summed E-state index contributed by atoms with van der Waals surface area (Å²) < 4.78 is 5.95. The number of benzene rings is 2. The first-order valence-corrected chi connectivity index (χ1v) is 17.9.